The Kier molecular flexibility index (Phi) is 6.77. The van der Waals surface area contributed by atoms with Crippen LogP contribution in [0.2, 0.25) is 0 Å². The molecule has 0 aliphatic rings. The van der Waals surface area contributed by atoms with Crippen LogP contribution in [0.5, 0.6) is 0 Å². The zero-order valence-corrected chi connectivity index (χ0v) is 21.9. The molecule has 3 aromatic heterocycles. The lowest BCUT2D eigenvalue weighted by molar-refractivity contribution is 0.101. The summed E-state index contributed by atoms with van der Waals surface area (Å²) in [6.07, 6.45) is 2.98. The first-order chi connectivity index (χ1) is 19.5. The highest BCUT2D eigenvalue weighted by Gasteiger charge is 2.27. The van der Waals surface area contributed by atoms with Crippen molar-refractivity contribution in [1.29, 1.82) is 0 Å². The molecule has 9 nitrogen and oxygen atoms in total. The van der Waals surface area contributed by atoms with Crippen molar-refractivity contribution in [3.8, 4) is 11.3 Å². The molecule has 0 radical (unpaired) electrons. The molecule has 0 spiro atoms. The molecule has 6 aromatic rings. The van der Waals surface area contributed by atoms with Gasteiger partial charge >= 0.3 is 0 Å². The monoisotopic (exact) mass is 553 g/mol. The van der Waals surface area contributed by atoms with Gasteiger partial charge in [-0.1, -0.05) is 41.6 Å². The second-order valence-corrected chi connectivity index (χ2v) is 11.0. The van der Waals surface area contributed by atoms with Gasteiger partial charge in [0.05, 0.1) is 30.5 Å². The van der Waals surface area contributed by atoms with Crippen molar-refractivity contribution in [3.63, 3.8) is 0 Å². The molecule has 40 heavy (non-hydrogen) atoms. The topological polar surface area (TPSA) is 119 Å². The van der Waals surface area contributed by atoms with E-state index in [4.69, 9.17) is 13.4 Å². The third kappa shape index (κ3) is 5.31. The zero-order chi connectivity index (χ0) is 27.5. The third-order valence-electron chi connectivity index (χ3n) is 6.35. The highest BCUT2D eigenvalue weighted by Crippen LogP contribution is 2.26. The van der Waals surface area contributed by atoms with E-state index in [0.29, 0.717) is 23.0 Å². The van der Waals surface area contributed by atoms with Gasteiger partial charge in [0, 0.05) is 17.3 Å². The molecule has 0 saturated heterocycles. The molecule has 10 heteroatoms. The number of carbonyl (C=O) groups excluding carboxylic acids is 1. The second-order valence-electron chi connectivity index (χ2n) is 9.05. The van der Waals surface area contributed by atoms with Gasteiger partial charge in [-0.05, 0) is 65.4 Å². The summed E-state index contributed by atoms with van der Waals surface area (Å²) in [5.74, 6) is 0.971. The van der Waals surface area contributed by atoms with Gasteiger partial charge in [-0.2, -0.15) is 4.31 Å². The molecule has 0 bridgehead atoms. The van der Waals surface area contributed by atoms with Crippen LogP contribution in [0.15, 0.2) is 128 Å². The van der Waals surface area contributed by atoms with Crippen molar-refractivity contribution in [2.24, 2.45) is 0 Å². The minimum Gasteiger partial charge on any atom is -0.468 e. The van der Waals surface area contributed by atoms with Crippen LogP contribution in [0.3, 0.4) is 0 Å². The summed E-state index contributed by atoms with van der Waals surface area (Å²) in [7, 11) is -3.92. The Morgan fingerprint density at radius 3 is 2.10 bits per heavy atom. The summed E-state index contributed by atoms with van der Waals surface area (Å²) in [4.78, 5) is 12.9. The number of amides is 1. The summed E-state index contributed by atoms with van der Waals surface area (Å²) >= 11 is 0. The van der Waals surface area contributed by atoms with Gasteiger partial charge in [0.1, 0.15) is 11.5 Å². The molecule has 1 N–H and O–H groups in total. The molecule has 6 rings (SSSR count). The van der Waals surface area contributed by atoms with E-state index in [1.807, 2.05) is 42.5 Å². The van der Waals surface area contributed by atoms with Crippen molar-refractivity contribution >= 4 is 32.4 Å². The number of hydrogen-bond acceptors (Lipinski definition) is 7. The van der Waals surface area contributed by atoms with Crippen LogP contribution < -0.4 is 5.32 Å². The second kappa shape index (κ2) is 10.7. The van der Waals surface area contributed by atoms with E-state index >= 15 is 0 Å². The smallest absolute Gasteiger partial charge is 0.277 e. The number of nitrogens with one attached hydrogen (secondary N) is 1. The quantitative estimate of drug-likeness (QED) is 0.222. The average molecular weight is 554 g/mol. The van der Waals surface area contributed by atoms with E-state index in [1.54, 1.807) is 30.3 Å². The van der Waals surface area contributed by atoms with E-state index in [9.17, 15) is 13.2 Å². The first-order valence-electron chi connectivity index (χ1n) is 12.4. The minimum atomic E-state index is -3.92. The average Bonchev–Trinajstić information content (AvgIpc) is 3.77. The molecule has 0 fully saturated rings. The van der Waals surface area contributed by atoms with E-state index in [0.717, 1.165) is 16.3 Å². The van der Waals surface area contributed by atoms with Crippen molar-refractivity contribution < 1.29 is 26.6 Å². The lowest BCUT2D eigenvalue weighted by Gasteiger charge is -2.20. The predicted octanol–water partition coefficient (Wildman–Crippen LogP) is 6.32. The number of nitrogens with zero attached hydrogens (tertiary/aromatic N) is 2. The number of furan rings is 2. The lowest BCUT2D eigenvalue weighted by atomic mass is 10.1. The van der Waals surface area contributed by atoms with Gasteiger partial charge < -0.3 is 18.7 Å². The molecule has 1 amide bonds. The number of benzene rings is 3. The zero-order valence-electron chi connectivity index (χ0n) is 21.1. The molecule has 0 aliphatic heterocycles. The molecule has 0 aliphatic carbocycles. The Balaban J connectivity index is 1.17. The molecule has 200 valence electrons. The number of anilines is 1. The Hall–Kier alpha value is -4.93. The number of aromatic nitrogens is 1. The molecular weight excluding hydrogens is 530 g/mol. The van der Waals surface area contributed by atoms with Crippen molar-refractivity contribution in [2.75, 3.05) is 5.32 Å². The van der Waals surface area contributed by atoms with Crippen molar-refractivity contribution in [1.82, 2.24) is 9.46 Å². The van der Waals surface area contributed by atoms with Crippen LogP contribution in [-0.2, 0) is 23.1 Å². The maximum absolute atomic E-state index is 13.5. The summed E-state index contributed by atoms with van der Waals surface area (Å²) in [5.41, 5.74) is 1.30. The van der Waals surface area contributed by atoms with E-state index in [-0.39, 0.29) is 23.7 Å². The van der Waals surface area contributed by atoms with Gasteiger partial charge in [0.2, 0.25) is 10.0 Å². The highest BCUT2D eigenvalue weighted by atomic mass is 32.2. The van der Waals surface area contributed by atoms with Crippen LogP contribution in [0.25, 0.3) is 22.1 Å². The minimum absolute atomic E-state index is 0.0280. The normalized spacial score (nSPS) is 11.7. The molecule has 3 aromatic carbocycles. The van der Waals surface area contributed by atoms with Gasteiger partial charge in [-0.15, -0.1) is 0 Å². The largest absolute Gasteiger partial charge is 0.468 e. The van der Waals surface area contributed by atoms with E-state index < -0.39 is 15.9 Å². The number of sulfonamides is 1. The Labute approximate surface area is 229 Å². The number of fused-ring (bicyclic) bond motifs is 1. The van der Waals surface area contributed by atoms with Crippen LogP contribution in [-0.4, -0.2) is 23.8 Å². The predicted molar refractivity (Wildman–Crippen MR) is 148 cm³/mol. The Morgan fingerprint density at radius 2 is 1.45 bits per heavy atom. The summed E-state index contributed by atoms with van der Waals surface area (Å²) < 4.78 is 44.4. The molecule has 0 unspecified atom stereocenters. The molecule has 0 saturated carbocycles. The van der Waals surface area contributed by atoms with Crippen LogP contribution in [0, 0.1) is 0 Å². The fraction of sp³-hybridized carbons (Fsp3) is 0.0667. The van der Waals surface area contributed by atoms with Gasteiger partial charge in [-0.25, -0.2) is 8.42 Å². The number of rotatable bonds is 9. The third-order valence-corrected chi connectivity index (χ3v) is 8.16. The lowest BCUT2D eigenvalue weighted by Crippen LogP contribution is -2.30. The molecular formula is C30H23N3O6S. The summed E-state index contributed by atoms with van der Waals surface area (Å²) in [6.45, 7) is 0.0560. The fourth-order valence-electron chi connectivity index (χ4n) is 4.29. The maximum Gasteiger partial charge on any atom is 0.277 e. The summed E-state index contributed by atoms with van der Waals surface area (Å²) in [5, 5.41) is 8.79. The van der Waals surface area contributed by atoms with E-state index in [1.165, 1.54) is 41.1 Å². The maximum atomic E-state index is 13.5. The first-order valence-corrected chi connectivity index (χ1v) is 13.8. The van der Waals surface area contributed by atoms with Gasteiger partial charge in [0.15, 0.2) is 11.5 Å². The first kappa shape index (κ1) is 25.4. The molecule has 3 heterocycles. The van der Waals surface area contributed by atoms with Crippen molar-refractivity contribution in [2.45, 2.75) is 18.0 Å². The fourth-order valence-corrected chi connectivity index (χ4v) is 5.67. The van der Waals surface area contributed by atoms with Crippen LogP contribution in [0.1, 0.15) is 22.0 Å². The van der Waals surface area contributed by atoms with E-state index in [2.05, 4.69) is 10.5 Å². The highest BCUT2D eigenvalue weighted by molar-refractivity contribution is 7.89. The molecule has 0 atom stereocenters. The number of carbonyl (C=O) groups is 1. The Bertz CT molecular complexity index is 1820. The van der Waals surface area contributed by atoms with Gasteiger partial charge in [-0.3, -0.25) is 4.79 Å². The van der Waals surface area contributed by atoms with Crippen LogP contribution >= 0.6 is 0 Å². The van der Waals surface area contributed by atoms with Crippen molar-refractivity contribution in [3.05, 3.63) is 127 Å². The van der Waals surface area contributed by atoms with Gasteiger partial charge in [0.25, 0.3) is 5.91 Å². The standard InChI is InChI=1S/C30H23N3O6S/c34-30(28-18-29(39-32-28)23-10-9-21-5-1-2-6-22(21)17-23)31-24-11-13-27(14-12-24)40(35,36)33(19-25-7-3-15-37-25)20-26-8-4-16-38-26/h1-18H,19-20H2,(H,31,34). The van der Waals surface area contributed by atoms with Crippen LogP contribution in [0.4, 0.5) is 5.69 Å². The SMILES string of the molecule is O=C(Nc1ccc(S(=O)(=O)N(Cc2ccco2)Cc2ccco2)cc1)c1cc(-c2ccc3ccccc3c2)on1. The summed E-state index contributed by atoms with van der Waals surface area (Å²) in [6, 6.07) is 28.1. The number of hydrogen-bond donors (Lipinski definition) is 1. The Morgan fingerprint density at radius 1 is 0.775 bits per heavy atom.